The number of rotatable bonds is 0. The van der Waals surface area contributed by atoms with E-state index in [9.17, 15) is 4.79 Å². The molecule has 2 heteroatoms. The molecule has 0 unspecified atom stereocenters. The minimum atomic E-state index is 0.0880. The minimum absolute atomic E-state index is 0.0880. The summed E-state index contributed by atoms with van der Waals surface area (Å²) in [6, 6.07) is 0. The molecular weight excluding hydrogens is 102 g/mol. The van der Waals surface area contributed by atoms with Crippen molar-refractivity contribution in [2.75, 3.05) is 7.05 Å². The van der Waals surface area contributed by atoms with E-state index >= 15 is 0 Å². The van der Waals surface area contributed by atoms with Gasteiger partial charge in [0.25, 0.3) is 0 Å². The molecule has 0 saturated carbocycles. The summed E-state index contributed by atoms with van der Waals surface area (Å²) in [6.07, 6.45) is 0. The smallest absolute Gasteiger partial charge is 0.220 e. The van der Waals surface area contributed by atoms with Crippen LogP contribution in [-0.2, 0) is 4.79 Å². The third kappa shape index (κ3) is 1.87. The fourth-order valence-electron chi connectivity index (χ4n) is 0.315. The van der Waals surface area contributed by atoms with Crippen molar-refractivity contribution in [1.29, 1.82) is 0 Å². The SMILES string of the molecule is CC(=O)[N+](C)=C(C)C. The summed E-state index contributed by atoms with van der Waals surface area (Å²) in [5.74, 6) is 0.0880. The van der Waals surface area contributed by atoms with Gasteiger partial charge in [-0.2, -0.15) is 4.58 Å². The minimum Gasteiger partial charge on any atom is -0.220 e. The molecule has 0 heterocycles. The first-order valence-electron chi connectivity index (χ1n) is 2.60. The topological polar surface area (TPSA) is 20.1 Å². The lowest BCUT2D eigenvalue weighted by Crippen LogP contribution is -2.17. The molecule has 0 rings (SSSR count). The van der Waals surface area contributed by atoms with Crippen LogP contribution < -0.4 is 0 Å². The van der Waals surface area contributed by atoms with Gasteiger partial charge in [-0.3, -0.25) is 0 Å². The summed E-state index contributed by atoms with van der Waals surface area (Å²) in [5, 5.41) is 0. The molecule has 0 aromatic carbocycles. The van der Waals surface area contributed by atoms with Crippen molar-refractivity contribution in [2.45, 2.75) is 20.8 Å². The van der Waals surface area contributed by atoms with Gasteiger partial charge in [0.1, 0.15) is 7.05 Å². The summed E-state index contributed by atoms with van der Waals surface area (Å²) >= 11 is 0. The summed E-state index contributed by atoms with van der Waals surface area (Å²) in [7, 11) is 1.76. The average Bonchev–Trinajstić information content (AvgIpc) is 1.64. The molecule has 2 nitrogen and oxygen atoms in total. The van der Waals surface area contributed by atoms with Gasteiger partial charge in [-0.1, -0.05) is 0 Å². The van der Waals surface area contributed by atoms with Crippen LogP contribution in [0.25, 0.3) is 0 Å². The highest BCUT2D eigenvalue weighted by atomic mass is 16.1. The summed E-state index contributed by atoms with van der Waals surface area (Å²) < 4.78 is 1.61. The maximum absolute atomic E-state index is 10.5. The molecule has 0 aromatic rings. The number of nitrogens with zero attached hydrogens (tertiary/aromatic N) is 1. The third-order valence-electron chi connectivity index (χ3n) is 1.14. The Kier molecular flexibility index (Phi) is 2.38. The van der Waals surface area contributed by atoms with Crippen LogP contribution in [0.5, 0.6) is 0 Å². The van der Waals surface area contributed by atoms with Crippen molar-refractivity contribution in [3.05, 3.63) is 0 Å². The maximum atomic E-state index is 10.5. The van der Waals surface area contributed by atoms with Gasteiger partial charge in [0, 0.05) is 13.8 Å². The Morgan fingerprint density at radius 2 is 1.62 bits per heavy atom. The Morgan fingerprint density at radius 1 is 1.25 bits per heavy atom. The van der Waals surface area contributed by atoms with Gasteiger partial charge in [-0.25, -0.2) is 4.79 Å². The van der Waals surface area contributed by atoms with E-state index in [0.29, 0.717) is 0 Å². The Labute approximate surface area is 49.8 Å². The predicted molar refractivity (Wildman–Crippen MR) is 33.2 cm³/mol. The molecule has 0 bridgehead atoms. The first kappa shape index (κ1) is 7.34. The van der Waals surface area contributed by atoms with Crippen molar-refractivity contribution in [3.8, 4) is 0 Å². The fourth-order valence-corrected chi connectivity index (χ4v) is 0.315. The van der Waals surface area contributed by atoms with Crippen LogP contribution in [0, 0.1) is 0 Å². The molecule has 0 radical (unpaired) electrons. The highest BCUT2D eigenvalue weighted by Crippen LogP contribution is 1.74. The van der Waals surface area contributed by atoms with E-state index in [1.165, 1.54) is 0 Å². The molecule has 8 heavy (non-hydrogen) atoms. The van der Waals surface area contributed by atoms with Crippen LogP contribution in [0.1, 0.15) is 20.8 Å². The third-order valence-corrected chi connectivity index (χ3v) is 1.14. The quantitative estimate of drug-likeness (QED) is 0.334. The highest BCUT2D eigenvalue weighted by Gasteiger charge is 2.03. The second-order valence-corrected chi connectivity index (χ2v) is 2.03. The summed E-state index contributed by atoms with van der Waals surface area (Å²) in [6.45, 7) is 5.36. The van der Waals surface area contributed by atoms with E-state index in [2.05, 4.69) is 0 Å². The van der Waals surface area contributed by atoms with E-state index < -0.39 is 0 Å². The van der Waals surface area contributed by atoms with Gasteiger partial charge < -0.3 is 0 Å². The second kappa shape index (κ2) is 2.60. The van der Waals surface area contributed by atoms with E-state index in [4.69, 9.17) is 0 Å². The zero-order chi connectivity index (χ0) is 6.73. The number of amides is 1. The number of carbonyl (C=O) groups excluding carboxylic acids is 1. The largest absolute Gasteiger partial charge is 0.383 e. The van der Waals surface area contributed by atoms with Crippen molar-refractivity contribution in [1.82, 2.24) is 0 Å². The fraction of sp³-hybridized carbons (Fsp3) is 0.667. The van der Waals surface area contributed by atoms with Gasteiger partial charge >= 0.3 is 5.91 Å². The van der Waals surface area contributed by atoms with Crippen molar-refractivity contribution in [3.63, 3.8) is 0 Å². The Morgan fingerprint density at radius 3 is 1.62 bits per heavy atom. The Bertz CT molecular complexity index is 131. The molecule has 0 aliphatic heterocycles. The first-order chi connectivity index (χ1) is 3.55. The molecule has 0 aromatic heterocycles. The van der Waals surface area contributed by atoms with Crippen LogP contribution in [0.4, 0.5) is 0 Å². The molecule has 0 aliphatic carbocycles. The molecule has 0 spiro atoms. The molecule has 46 valence electrons. The second-order valence-electron chi connectivity index (χ2n) is 2.03. The zero-order valence-electron chi connectivity index (χ0n) is 5.86. The van der Waals surface area contributed by atoms with Gasteiger partial charge in [-0.15, -0.1) is 0 Å². The Balaban J connectivity index is 4.23. The molecule has 0 aliphatic rings. The van der Waals surface area contributed by atoms with Crippen LogP contribution in [0.15, 0.2) is 0 Å². The van der Waals surface area contributed by atoms with Crippen molar-refractivity contribution in [2.24, 2.45) is 0 Å². The number of hydrogen-bond donors (Lipinski definition) is 0. The maximum Gasteiger partial charge on any atom is 0.383 e. The standard InChI is InChI=1S/C6H12NO/c1-5(2)7(4)6(3)8/h1-4H3/q+1. The molecular formula is C6H12NO+. The normalized spacial score (nSPS) is 8.50. The summed E-state index contributed by atoms with van der Waals surface area (Å²) in [4.78, 5) is 10.5. The van der Waals surface area contributed by atoms with Gasteiger partial charge in [0.2, 0.25) is 0 Å². The van der Waals surface area contributed by atoms with Gasteiger partial charge in [0.05, 0.1) is 6.92 Å². The van der Waals surface area contributed by atoms with Crippen LogP contribution in [0.2, 0.25) is 0 Å². The number of carbonyl (C=O) groups is 1. The van der Waals surface area contributed by atoms with Crippen LogP contribution in [0.3, 0.4) is 0 Å². The lowest BCUT2D eigenvalue weighted by atomic mass is 10.4. The van der Waals surface area contributed by atoms with Crippen LogP contribution in [-0.4, -0.2) is 23.2 Å². The predicted octanol–water partition coefficient (Wildman–Crippen LogP) is 0.656. The Hall–Kier alpha value is -0.660. The molecule has 0 atom stereocenters. The zero-order valence-corrected chi connectivity index (χ0v) is 5.86. The molecule has 1 amide bonds. The number of hydrogen-bond acceptors (Lipinski definition) is 1. The van der Waals surface area contributed by atoms with Gasteiger partial charge in [-0.05, 0) is 0 Å². The van der Waals surface area contributed by atoms with Gasteiger partial charge in [0.15, 0.2) is 5.71 Å². The lowest BCUT2D eigenvalue weighted by molar-refractivity contribution is -0.417. The van der Waals surface area contributed by atoms with Crippen molar-refractivity contribution >= 4 is 11.6 Å². The average molecular weight is 114 g/mol. The molecule has 0 saturated heterocycles. The first-order valence-corrected chi connectivity index (χ1v) is 2.60. The molecule has 0 N–H and O–H groups in total. The van der Waals surface area contributed by atoms with E-state index in [1.54, 1.807) is 18.5 Å². The monoisotopic (exact) mass is 114 g/mol. The lowest BCUT2D eigenvalue weighted by Gasteiger charge is -1.87. The van der Waals surface area contributed by atoms with E-state index in [0.717, 1.165) is 5.71 Å². The van der Waals surface area contributed by atoms with E-state index in [-0.39, 0.29) is 5.91 Å². The van der Waals surface area contributed by atoms with Crippen LogP contribution >= 0.6 is 0 Å². The van der Waals surface area contributed by atoms with Crippen molar-refractivity contribution < 1.29 is 9.37 Å². The molecule has 0 fully saturated rings. The summed E-state index contributed by atoms with van der Waals surface area (Å²) in [5.41, 5.74) is 1.03. The highest BCUT2D eigenvalue weighted by molar-refractivity contribution is 5.80. The van der Waals surface area contributed by atoms with E-state index in [1.807, 2.05) is 13.8 Å².